The fourth-order valence-corrected chi connectivity index (χ4v) is 3.25. The Hall–Kier alpha value is -1.24. The Kier molecular flexibility index (Phi) is 5.65. The first-order valence-electron chi connectivity index (χ1n) is 6.15. The lowest BCUT2D eigenvalue weighted by atomic mass is 10.2. The Bertz CT molecular complexity index is 516. The molecule has 0 heterocycles. The highest BCUT2D eigenvalue weighted by Gasteiger charge is 2.23. The third kappa shape index (κ3) is 3.86. The van der Waals surface area contributed by atoms with Crippen LogP contribution in [0.1, 0.15) is 30.6 Å². The minimum atomic E-state index is -3.61. The van der Waals surface area contributed by atoms with Crippen molar-refractivity contribution >= 4 is 15.8 Å². The van der Waals surface area contributed by atoms with Gasteiger partial charge in [0.25, 0.3) is 0 Å². The maximum atomic E-state index is 12.3. The van der Waals surface area contributed by atoms with Gasteiger partial charge in [-0.15, -0.1) is 0 Å². The molecule has 19 heavy (non-hydrogen) atoms. The number of aliphatic hydroxyl groups is 1. The third-order valence-corrected chi connectivity index (χ3v) is 4.63. The van der Waals surface area contributed by atoms with Gasteiger partial charge in [0.2, 0.25) is 10.0 Å². The quantitative estimate of drug-likeness (QED) is 0.766. The van der Waals surface area contributed by atoms with Gasteiger partial charge in [0.05, 0.1) is 11.5 Å². The van der Waals surface area contributed by atoms with Crippen LogP contribution < -0.4 is 0 Å². The Labute approximate surface area is 113 Å². The monoisotopic (exact) mass is 285 g/mol. The number of hydrogen-bond donors (Lipinski definition) is 1. The molecule has 0 aliphatic rings. The molecule has 0 atom stereocenters. The van der Waals surface area contributed by atoms with Gasteiger partial charge in [-0.1, -0.05) is 19.1 Å². The second-order valence-electron chi connectivity index (χ2n) is 4.21. The van der Waals surface area contributed by atoms with Gasteiger partial charge >= 0.3 is 0 Å². The molecule has 0 aliphatic carbocycles. The Balaban J connectivity index is 3.07. The van der Waals surface area contributed by atoms with Gasteiger partial charge in [-0.2, -0.15) is 4.31 Å². The minimum absolute atomic E-state index is 0.0740. The van der Waals surface area contributed by atoms with E-state index in [0.29, 0.717) is 18.5 Å². The van der Waals surface area contributed by atoms with E-state index in [1.54, 1.807) is 0 Å². The van der Waals surface area contributed by atoms with Gasteiger partial charge in [-0.3, -0.25) is 4.79 Å². The van der Waals surface area contributed by atoms with Crippen molar-refractivity contribution in [3.63, 3.8) is 0 Å². The van der Waals surface area contributed by atoms with E-state index in [1.165, 1.54) is 35.5 Å². The van der Waals surface area contributed by atoms with Crippen LogP contribution in [0.15, 0.2) is 29.2 Å². The van der Waals surface area contributed by atoms with Gasteiger partial charge in [0.1, 0.15) is 0 Å². The van der Waals surface area contributed by atoms with Crippen molar-refractivity contribution in [1.29, 1.82) is 0 Å². The summed E-state index contributed by atoms with van der Waals surface area (Å²) in [5, 5.41) is 8.94. The topological polar surface area (TPSA) is 74.7 Å². The first-order valence-corrected chi connectivity index (χ1v) is 7.59. The van der Waals surface area contributed by atoms with E-state index >= 15 is 0 Å². The number of aliphatic hydroxyl groups excluding tert-OH is 1. The van der Waals surface area contributed by atoms with Crippen molar-refractivity contribution in [3.05, 3.63) is 29.8 Å². The molecule has 0 aliphatic heterocycles. The summed E-state index contributed by atoms with van der Waals surface area (Å²) < 4.78 is 25.9. The molecule has 106 valence electrons. The highest BCUT2D eigenvalue weighted by Crippen LogP contribution is 2.16. The van der Waals surface area contributed by atoms with E-state index in [0.717, 1.165) is 0 Å². The number of carbonyl (C=O) groups is 1. The molecule has 6 heteroatoms. The second-order valence-corrected chi connectivity index (χ2v) is 6.15. The zero-order valence-corrected chi connectivity index (χ0v) is 12.0. The van der Waals surface area contributed by atoms with E-state index < -0.39 is 10.0 Å². The number of benzene rings is 1. The van der Waals surface area contributed by atoms with Crippen LogP contribution >= 0.6 is 0 Å². The molecule has 0 bridgehead atoms. The van der Waals surface area contributed by atoms with Crippen LogP contribution in [0.5, 0.6) is 0 Å². The van der Waals surface area contributed by atoms with Gasteiger partial charge in [-0.05, 0) is 25.5 Å². The van der Waals surface area contributed by atoms with Crippen LogP contribution in [0.2, 0.25) is 0 Å². The highest BCUT2D eigenvalue weighted by molar-refractivity contribution is 7.89. The van der Waals surface area contributed by atoms with Crippen molar-refractivity contribution in [2.24, 2.45) is 0 Å². The van der Waals surface area contributed by atoms with E-state index in [9.17, 15) is 13.2 Å². The van der Waals surface area contributed by atoms with Crippen LogP contribution in [-0.2, 0) is 10.0 Å². The fourth-order valence-electron chi connectivity index (χ4n) is 1.72. The molecule has 0 unspecified atom stereocenters. The predicted octanol–water partition coefficient (Wildman–Crippen LogP) is 1.28. The van der Waals surface area contributed by atoms with Gasteiger partial charge in [0.15, 0.2) is 5.78 Å². The SMILES string of the molecule is CCCN(CCO)S(=O)(=O)c1ccc(C(C)=O)cc1. The number of rotatable bonds is 7. The van der Waals surface area contributed by atoms with Crippen molar-refractivity contribution in [2.75, 3.05) is 19.7 Å². The predicted molar refractivity (Wildman–Crippen MR) is 72.6 cm³/mol. The summed E-state index contributed by atoms with van der Waals surface area (Å²) in [5.74, 6) is -0.107. The lowest BCUT2D eigenvalue weighted by Crippen LogP contribution is -2.34. The molecule has 0 saturated heterocycles. The molecule has 0 spiro atoms. The number of nitrogens with zero attached hydrogens (tertiary/aromatic N) is 1. The molecule has 0 fully saturated rings. The molecule has 5 nitrogen and oxygen atoms in total. The maximum Gasteiger partial charge on any atom is 0.243 e. The smallest absolute Gasteiger partial charge is 0.243 e. The van der Waals surface area contributed by atoms with E-state index in [4.69, 9.17) is 5.11 Å². The lowest BCUT2D eigenvalue weighted by molar-refractivity contribution is 0.101. The molecule has 0 amide bonds. The molecular formula is C13H19NO4S. The number of sulfonamides is 1. The number of ketones is 1. The van der Waals surface area contributed by atoms with E-state index in [-0.39, 0.29) is 23.8 Å². The van der Waals surface area contributed by atoms with Gasteiger partial charge < -0.3 is 5.11 Å². The average molecular weight is 285 g/mol. The van der Waals surface area contributed by atoms with Crippen molar-refractivity contribution < 1.29 is 18.3 Å². The maximum absolute atomic E-state index is 12.3. The highest BCUT2D eigenvalue weighted by atomic mass is 32.2. The molecule has 0 saturated carbocycles. The minimum Gasteiger partial charge on any atom is -0.395 e. The van der Waals surface area contributed by atoms with Crippen LogP contribution in [0.25, 0.3) is 0 Å². The van der Waals surface area contributed by atoms with Crippen molar-refractivity contribution in [2.45, 2.75) is 25.2 Å². The molecule has 0 radical (unpaired) electrons. The summed E-state index contributed by atoms with van der Waals surface area (Å²) in [6, 6.07) is 5.84. The summed E-state index contributed by atoms with van der Waals surface area (Å²) in [7, 11) is -3.61. The number of hydrogen-bond acceptors (Lipinski definition) is 4. The van der Waals surface area contributed by atoms with Crippen LogP contribution in [0.4, 0.5) is 0 Å². The fraction of sp³-hybridized carbons (Fsp3) is 0.462. The van der Waals surface area contributed by atoms with E-state index in [2.05, 4.69) is 0 Å². The summed E-state index contributed by atoms with van der Waals surface area (Å²) >= 11 is 0. The Morgan fingerprint density at radius 1 is 1.21 bits per heavy atom. The molecule has 1 rings (SSSR count). The summed E-state index contributed by atoms with van der Waals surface area (Å²) in [6.07, 6.45) is 0.671. The lowest BCUT2D eigenvalue weighted by Gasteiger charge is -2.20. The first kappa shape index (κ1) is 15.8. The third-order valence-electron chi connectivity index (χ3n) is 2.72. The van der Waals surface area contributed by atoms with Crippen molar-refractivity contribution in [1.82, 2.24) is 4.31 Å². The van der Waals surface area contributed by atoms with Gasteiger partial charge in [-0.25, -0.2) is 8.42 Å². The molecular weight excluding hydrogens is 266 g/mol. The normalized spacial score (nSPS) is 11.8. The summed E-state index contributed by atoms with van der Waals surface area (Å²) in [6.45, 7) is 3.52. The van der Waals surface area contributed by atoms with Crippen molar-refractivity contribution in [3.8, 4) is 0 Å². The molecule has 0 aromatic heterocycles. The molecule has 1 N–H and O–H groups in total. The average Bonchev–Trinajstić information content (AvgIpc) is 2.38. The Morgan fingerprint density at radius 3 is 2.21 bits per heavy atom. The zero-order chi connectivity index (χ0) is 14.5. The first-order chi connectivity index (χ1) is 8.93. The van der Waals surface area contributed by atoms with Crippen LogP contribution in [0.3, 0.4) is 0 Å². The van der Waals surface area contributed by atoms with E-state index in [1.807, 2.05) is 6.92 Å². The number of Topliss-reactive ketones (excluding diaryl/α,β-unsaturated/α-hetero) is 1. The molecule has 1 aromatic rings. The Morgan fingerprint density at radius 2 is 1.79 bits per heavy atom. The largest absolute Gasteiger partial charge is 0.395 e. The van der Waals surface area contributed by atoms with Gasteiger partial charge in [0, 0.05) is 18.7 Å². The van der Waals surface area contributed by atoms with Crippen LogP contribution in [-0.4, -0.2) is 43.3 Å². The number of carbonyl (C=O) groups excluding carboxylic acids is 1. The zero-order valence-electron chi connectivity index (χ0n) is 11.2. The summed E-state index contributed by atoms with van der Waals surface area (Å²) in [5.41, 5.74) is 0.475. The van der Waals surface area contributed by atoms with Crippen LogP contribution in [0, 0.1) is 0 Å². The second kappa shape index (κ2) is 6.79. The molecule has 1 aromatic carbocycles. The summed E-state index contributed by atoms with van der Waals surface area (Å²) in [4.78, 5) is 11.3. The standard InChI is InChI=1S/C13H19NO4S/c1-3-8-14(9-10-15)19(17,18)13-6-4-12(5-7-13)11(2)16/h4-7,15H,3,8-10H2,1-2H3.